The molecule has 158 valence electrons. The first-order valence-corrected chi connectivity index (χ1v) is 12.8. The summed E-state index contributed by atoms with van der Waals surface area (Å²) in [5, 5.41) is 0. The van der Waals surface area contributed by atoms with Crippen molar-refractivity contribution in [3.8, 4) is 11.5 Å². The molecule has 3 aliphatic rings. The molecular weight excluding hydrogens is 602 g/mol. The molecule has 0 spiro atoms. The molecule has 2 aliphatic heterocycles. The van der Waals surface area contributed by atoms with Crippen LogP contribution in [0.4, 0.5) is 0 Å². The zero-order valence-corrected chi connectivity index (χ0v) is 21.3. The summed E-state index contributed by atoms with van der Waals surface area (Å²) in [5.41, 5.74) is 4.39. The van der Waals surface area contributed by atoms with E-state index < -0.39 is 0 Å². The Morgan fingerprint density at radius 2 is 1.77 bits per heavy atom. The highest BCUT2D eigenvalue weighted by atomic mass is 127. The van der Waals surface area contributed by atoms with Gasteiger partial charge in [0.05, 0.1) is 0 Å². The monoisotopic (exact) mass is 628 g/mol. The molecular formula is C24H26I2N2O2. The molecule has 0 amide bonds. The van der Waals surface area contributed by atoms with Crippen molar-refractivity contribution < 1.29 is 9.47 Å². The van der Waals surface area contributed by atoms with E-state index in [1.165, 1.54) is 31.1 Å². The van der Waals surface area contributed by atoms with Crippen LogP contribution in [-0.2, 0) is 6.54 Å². The van der Waals surface area contributed by atoms with Gasteiger partial charge in [0, 0.05) is 45.6 Å². The van der Waals surface area contributed by atoms with Gasteiger partial charge in [-0.3, -0.25) is 4.90 Å². The Balaban J connectivity index is 1.16. The maximum atomic E-state index is 5.56. The van der Waals surface area contributed by atoms with Gasteiger partial charge in [0.15, 0.2) is 11.5 Å². The maximum absolute atomic E-state index is 5.56. The number of hydrogen-bond acceptors (Lipinski definition) is 4. The zero-order chi connectivity index (χ0) is 20.5. The molecule has 0 aromatic heterocycles. The van der Waals surface area contributed by atoms with Crippen molar-refractivity contribution in [1.82, 2.24) is 9.80 Å². The summed E-state index contributed by atoms with van der Waals surface area (Å²) < 4.78 is 13.7. The summed E-state index contributed by atoms with van der Waals surface area (Å²) >= 11 is 4.88. The van der Waals surface area contributed by atoms with Crippen LogP contribution in [0.15, 0.2) is 48.2 Å². The van der Waals surface area contributed by atoms with Crippen LogP contribution in [0.5, 0.6) is 11.5 Å². The number of benzene rings is 2. The lowest BCUT2D eigenvalue weighted by molar-refractivity contribution is 0.147. The third-order valence-electron chi connectivity index (χ3n) is 6.44. The summed E-state index contributed by atoms with van der Waals surface area (Å²) in [4.78, 5) is 5.22. The van der Waals surface area contributed by atoms with Crippen LogP contribution in [-0.4, -0.2) is 42.8 Å². The second kappa shape index (κ2) is 9.24. The van der Waals surface area contributed by atoms with Crippen molar-refractivity contribution in [2.75, 3.05) is 33.0 Å². The molecule has 1 unspecified atom stereocenters. The van der Waals surface area contributed by atoms with Gasteiger partial charge >= 0.3 is 0 Å². The molecule has 2 aromatic carbocycles. The molecule has 0 saturated carbocycles. The molecule has 0 bridgehead atoms. The number of nitrogens with zero attached hydrogens (tertiary/aromatic N) is 2. The van der Waals surface area contributed by atoms with Crippen LogP contribution < -0.4 is 9.47 Å². The second-order valence-electron chi connectivity index (χ2n) is 8.28. The van der Waals surface area contributed by atoms with E-state index in [-0.39, 0.29) is 0 Å². The normalized spacial score (nSPS) is 21.6. The summed E-state index contributed by atoms with van der Waals surface area (Å²) in [5.74, 6) is 2.37. The molecule has 6 heteroatoms. The van der Waals surface area contributed by atoms with E-state index in [0.29, 0.717) is 12.7 Å². The number of ether oxygens (including phenoxy) is 2. The number of hydrogen-bond donors (Lipinski definition) is 0. The Kier molecular flexibility index (Phi) is 6.43. The van der Waals surface area contributed by atoms with Crippen LogP contribution >= 0.6 is 45.2 Å². The predicted molar refractivity (Wildman–Crippen MR) is 136 cm³/mol. The molecule has 0 radical (unpaired) electrons. The van der Waals surface area contributed by atoms with E-state index in [1.807, 2.05) is 0 Å². The molecule has 30 heavy (non-hydrogen) atoms. The Morgan fingerprint density at radius 1 is 0.933 bits per heavy atom. The molecule has 2 heterocycles. The average molecular weight is 628 g/mol. The number of rotatable bonds is 4. The Bertz CT molecular complexity index is 954. The van der Waals surface area contributed by atoms with Gasteiger partial charge in [0.1, 0.15) is 0 Å². The first-order valence-electron chi connectivity index (χ1n) is 10.7. The number of allylic oxidation sites excluding steroid dienone is 2. The van der Waals surface area contributed by atoms with Gasteiger partial charge in [0.25, 0.3) is 0 Å². The minimum absolute atomic E-state index is 0.349. The lowest BCUT2D eigenvalue weighted by atomic mass is 9.86. The third-order valence-corrected chi connectivity index (χ3v) is 8.16. The fourth-order valence-corrected chi connectivity index (χ4v) is 5.74. The maximum Gasteiger partial charge on any atom is 0.231 e. The highest BCUT2D eigenvalue weighted by Crippen LogP contribution is 2.39. The van der Waals surface area contributed by atoms with Crippen molar-refractivity contribution in [3.63, 3.8) is 0 Å². The van der Waals surface area contributed by atoms with Gasteiger partial charge in [-0.25, -0.2) is 0 Å². The Hall–Kier alpha value is -1.00. The van der Waals surface area contributed by atoms with E-state index in [4.69, 9.17) is 9.47 Å². The lowest BCUT2D eigenvalue weighted by Crippen LogP contribution is -2.45. The second-order valence-corrected chi connectivity index (χ2v) is 10.7. The van der Waals surface area contributed by atoms with Crippen LogP contribution in [0.3, 0.4) is 0 Å². The zero-order valence-electron chi connectivity index (χ0n) is 16.9. The van der Waals surface area contributed by atoms with Crippen molar-refractivity contribution in [2.45, 2.75) is 31.7 Å². The Morgan fingerprint density at radius 3 is 2.57 bits per heavy atom. The van der Waals surface area contributed by atoms with Gasteiger partial charge in [-0.05, 0) is 112 Å². The first-order chi connectivity index (χ1) is 14.7. The smallest absolute Gasteiger partial charge is 0.231 e. The van der Waals surface area contributed by atoms with Gasteiger partial charge in [-0.2, -0.15) is 0 Å². The third kappa shape index (κ3) is 4.60. The Labute approximate surface area is 205 Å². The van der Waals surface area contributed by atoms with E-state index in [0.717, 1.165) is 50.6 Å². The first kappa shape index (κ1) is 20.9. The van der Waals surface area contributed by atoms with Crippen LogP contribution in [0.2, 0.25) is 0 Å². The fourth-order valence-electron chi connectivity index (χ4n) is 4.68. The minimum atomic E-state index is 0.349. The SMILES string of the molecule is Ic1ccc(I)c(CN2CCN(C3=CCC(c4ccc5c(c4)OCO5)CC3)CC2)c1. The van der Waals surface area contributed by atoms with Gasteiger partial charge in [-0.1, -0.05) is 12.1 Å². The van der Waals surface area contributed by atoms with E-state index >= 15 is 0 Å². The number of piperazine rings is 1. The summed E-state index contributed by atoms with van der Waals surface area (Å²) in [6.07, 6.45) is 5.99. The van der Waals surface area contributed by atoms with Crippen molar-refractivity contribution in [2.24, 2.45) is 0 Å². The molecule has 4 nitrogen and oxygen atoms in total. The van der Waals surface area contributed by atoms with Crippen LogP contribution in [0.25, 0.3) is 0 Å². The minimum Gasteiger partial charge on any atom is -0.454 e. The highest BCUT2D eigenvalue weighted by Gasteiger charge is 2.24. The van der Waals surface area contributed by atoms with E-state index in [2.05, 4.69) is 97.5 Å². The summed E-state index contributed by atoms with van der Waals surface area (Å²) in [6, 6.07) is 13.2. The van der Waals surface area contributed by atoms with Gasteiger partial charge in [-0.15, -0.1) is 0 Å². The fraction of sp³-hybridized carbons (Fsp3) is 0.417. The van der Waals surface area contributed by atoms with Crippen molar-refractivity contribution in [3.05, 3.63) is 66.4 Å². The molecule has 5 rings (SSSR count). The largest absolute Gasteiger partial charge is 0.454 e. The number of halogens is 2. The quantitative estimate of drug-likeness (QED) is 0.413. The van der Waals surface area contributed by atoms with Crippen molar-refractivity contribution in [1.29, 1.82) is 0 Å². The highest BCUT2D eigenvalue weighted by molar-refractivity contribution is 14.1. The topological polar surface area (TPSA) is 24.9 Å². The molecule has 0 N–H and O–H groups in total. The molecule has 1 aliphatic carbocycles. The molecule has 2 aromatic rings. The molecule has 1 atom stereocenters. The standard InChI is InChI=1S/C24H26I2N2O2/c25-20-4-7-22(26)19(13-20)15-27-9-11-28(12-10-27)21-5-1-17(2-6-21)18-3-8-23-24(14-18)30-16-29-23/h3-5,7-8,13-14,17H,1-2,6,9-12,15-16H2. The average Bonchev–Trinajstić information content (AvgIpc) is 3.25. The summed E-state index contributed by atoms with van der Waals surface area (Å²) in [7, 11) is 0. The summed E-state index contributed by atoms with van der Waals surface area (Å²) in [6.45, 7) is 5.98. The van der Waals surface area contributed by atoms with Crippen LogP contribution in [0, 0.1) is 7.14 Å². The van der Waals surface area contributed by atoms with Gasteiger partial charge in [0.2, 0.25) is 6.79 Å². The van der Waals surface area contributed by atoms with Gasteiger partial charge < -0.3 is 14.4 Å². The molecule has 1 fully saturated rings. The van der Waals surface area contributed by atoms with Crippen molar-refractivity contribution >= 4 is 45.2 Å². The molecule has 1 saturated heterocycles. The number of fused-ring (bicyclic) bond motifs is 1. The predicted octanol–water partition coefficient (Wildman–Crippen LogP) is 5.59. The van der Waals surface area contributed by atoms with E-state index in [1.54, 1.807) is 5.70 Å². The van der Waals surface area contributed by atoms with E-state index in [9.17, 15) is 0 Å². The lowest BCUT2D eigenvalue weighted by Gasteiger charge is -2.39. The van der Waals surface area contributed by atoms with Crippen LogP contribution in [0.1, 0.15) is 36.3 Å².